The highest BCUT2D eigenvalue weighted by Crippen LogP contribution is 2.38. The van der Waals surface area contributed by atoms with Crippen LogP contribution < -0.4 is 0 Å². The van der Waals surface area contributed by atoms with Crippen LogP contribution in [0.25, 0.3) is 0 Å². The Hall–Kier alpha value is -1.51. The van der Waals surface area contributed by atoms with Gasteiger partial charge in [-0.2, -0.15) is 4.98 Å². The van der Waals surface area contributed by atoms with E-state index in [0.29, 0.717) is 37.3 Å². The van der Waals surface area contributed by atoms with Crippen LogP contribution in [0, 0.1) is 5.92 Å². The van der Waals surface area contributed by atoms with Gasteiger partial charge >= 0.3 is 0 Å². The number of carbonyl (C=O) groups is 1. The molecule has 146 valence electrons. The van der Waals surface area contributed by atoms with Crippen LogP contribution in [-0.4, -0.2) is 67.1 Å². The first-order valence-corrected chi connectivity index (χ1v) is 9.35. The number of likely N-dealkylation sites (tertiary alicyclic amines) is 1. The first-order chi connectivity index (χ1) is 12.6. The molecule has 0 radical (unpaired) electrons. The third-order valence-electron chi connectivity index (χ3n) is 5.39. The minimum absolute atomic E-state index is 0.115. The van der Waals surface area contributed by atoms with Gasteiger partial charge < -0.3 is 23.6 Å². The summed E-state index contributed by atoms with van der Waals surface area (Å²) in [6, 6.07) is 0. The molecular weight excluding hydrogens is 338 g/mol. The van der Waals surface area contributed by atoms with Crippen LogP contribution in [0.1, 0.15) is 43.8 Å². The van der Waals surface area contributed by atoms with Crippen molar-refractivity contribution in [1.82, 2.24) is 15.0 Å². The Kier molecular flexibility index (Phi) is 6.61. The molecule has 1 unspecified atom stereocenters. The number of piperidine rings is 1. The molecule has 0 bridgehead atoms. The van der Waals surface area contributed by atoms with E-state index in [-0.39, 0.29) is 11.5 Å². The summed E-state index contributed by atoms with van der Waals surface area (Å²) in [5.74, 6) is 1.90. The highest BCUT2D eigenvalue weighted by Gasteiger charge is 2.41. The van der Waals surface area contributed by atoms with Crippen LogP contribution in [-0.2, 0) is 32.0 Å². The molecule has 0 aromatic carbocycles. The van der Waals surface area contributed by atoms with E-state index in [1.54, 1.807) is 14.2 Å². The minimum Gasteiger partial charge on any atom is -0.384 e. The highest BCUT2D eigenvalue weighted by molar-refractivity contribution is 5.76. The Morgan fingerprint density at radius 1 is 1.31 bits per heavy atom. The van der Waals surface area contributed by atoms with E-state index in [9.17, 15) is 4.79 Å². The van der Waals surface area contributed by atoms with Crippen molar-refractivity contribution in [3.05, 3.63) is 11.7 Å². The van der Waals surface area contributed by atoms with Crippen molar-refractivity contribution in [2.45, 2.75) is 50.7 Å². The zero-order valence-corrected chi connectivity index (χ0v) is 15.7. The van der Waals surface area contributed by atoms with Crippen LogP contribution in [0.15, 0.2) is 4.52 Å². The van der Waals surface area contributed by atoms with Crippen LogP contribution in [0.2, 0.25) is 0 Å². The molecule has 1 spiro atoms. The average molecular weight is 367 g/mol. The lowest BCUT2D eigenvalue weighted by atomic mass is 9.78. The topological polar surface area (TPSA) is 86.9 Å². The molecule has 8 heteroatoms. The Morgan fingerprint density at radius 3 is 2.85 bits per heavy atom. The van der Waals surface area contributed by atoms with Gasteiger partial charge in [-0.05, 0) is 31.6 Å². The van der Waals surface area contributed by atoms with Gasteiger partial charge in [0.1, 0.15) is 6.61 Å². The van der Waals surface area contributed by atoms with Gasteiger partial charge in [-0.3, -0.25) is 4.79 Å². The van der Waals surface area contributed by atoms with E-state index in [2.05, 4.69) is 10.1 Å². The lowest BCUT2D eigenvalue weighted by Gasteiger charge is -2.46. The van der Waals surface area contributed by atoms with E-state index in [4.69, 9.17) is 18.7 Å². The molecule has 26 heavy (non-hydrogen) atoms. The lowest BCUT2D eigenvalue weighted by Crippen LogP contribution is -2.51. The molecule has 1 aromatic heterocycles. The van der Waals surface area contributed by atoms with Crippen molar-refractivity contribution in [3.63, 3.8) is 0 Å². The Bertz CT molecular complexity index is 583. The number of nitrogens with zero attached hydrogens (tertiary/aromatic N) is 3. The van der Waals surface area contributed by atoms with Gasteiger partial charge in [0.2, 0.25) is 11.8 Å². The summed E-state index contributed by atoms with van der Waals surface area (Å²) in [6.45, 7) is 3.12. The number of aromatic nitrogens is 2. The smallest absolute Gasteiger partial charge is 0.227 e. The fraction of sp³-hybridized carbons (Fsp3) is 0.833. The third kappa shape index (κ3) is 4.81. The number of hydrogen-bond acceptors (Lipinski definition) is 7. The second-order valence-electron chi connectivity index (χ2n) is 7.26. The van der Waals surface area contributed by atoms with Crippen molar-refractivity contribution in [2.24, 2.45) is 5.92 Å². The fourth-order valence-corrected chi connectivity index (χ4v) is 3.97. The summed E-state index contributed by atoms with van der Waals surface area (Å²) in [4.78, 5) is 18.5. The molecular formula is C18H29N3O5. The van der Waals surface area contributed by atoms with Crippen molar-refractivity contribution in [1.29, 1.82) is 0 Å². The molecule has 8 nitrogen and oxygen atoms in total. The zero-order chi connectivity index (χ0) is 18.4. The Morgan fingerprint density at radius 2 is 2.12 bits per heavy atom. The van der Waals surface area contributed by atoms with Crippen molar-refractivity contribution >= 4 is 5.91 Å². The lowest BCUT2D eigenvalue weighted by molar-refractivity contribution is -0.147. The first kappa shape index (κ1) is 19.3. The number of hydrogen-bond donors (Lipinski definition) is 0. The molecule has 3 heterocycles. The molecule has 0 N–H and O–H groups in total. The molecule has 1 aromatic rings. The summed E-state index contributed by atoms with van der Waals surface area (Å²) >= 11 is 0. The Labute approximate surface area is 154 Å². The molecule has 2 aliphatic heterocycles. The molecule has 0 saturated carbocycles. The van der Waals surface area contributed by atoms with Crippen LogP contribution >= 0.6 is 0 Å². The normalized spacial score (nSPS) is 22.7. The monoisotopic (exact) mass is 367 g/mol. The second-order valence-corrected chi connectivity index (χ2v) is 7.26. The average Bonchev–Trinajstić information content (AvgIpc) is 3.08. The van der Waals surface area contributed by atoms with Crippen LogP contribution in [0.3, 0.4) is 0 Å². The van der Waals surface area contributed by atoms with Gasteiger partial charge in [-0.25, -0.2) is 0 Å². The van der Waals surface area contributed by atoms with Crippen molar-refractivity contribution < 1.29 is 23.5 Å². The zero-order valence-electron chi connectivity index (χ0n) is 15.7. The number of methoxy groups -OCH3 is 2. The molecule has 1 atom stereocenters. The molecule has 3 rings (SSSR count). The summed E-state index contributed by atoms with van der Waals surface area (Å²) in [7, 11) is 3.24. The van der Waals surface area contributed by atoms with Gasteiger partial charge in [-0.15, -0.1) is 0 Å². The number of amides is 1. The van der Waals surface area contributed by atoms with E-state index in [1.165, 1.54) is 0 Å². The second kappa shape index (κ2) is 8.92. The summed E-state index contributed by atoms with van der Waals surface area (Å²) in [6.07, 6.45) is 4.99. The fourth-order valence-electron chi connectivity index (χ4n) is 3.97. The minimum atomic E-state index is -0.115. The maximum atomic E-state index is 12.2. The summed E-state index contributed by atoms with van der Waals surface area (Å²) in [5, 5.41) is 3.93. The number of ether oxygens (including phenoxy) is 3. The maximum Gasteiger partial charge on any atom is 0.227 e. The predicted molar refractivity (Wildman–Crippen MR) is 92.4 cm³/mol. The van der Waals surface area contributed by atoms with Gasteiger partial charge in [0, 0.05) is 40.3 Å². The molecule has 2 aliphatic rings. The predicted octanol–water partition coefficient (Wildman–Crippen LogP) is 1.58. The van der Waals surface area contributed by atoms with E-state index in [0.717, 1.165) is 51.8 Å². The summed E-state index contributed by atoms with van der Waals surface area (Å²) in [5.41, 5.74) is -0.115. The van der Waals surface area contributed by atoms with Crippen LogP contribution in [0.5, 0.6) is 0 Å². The van der Waals surface area contributed by atoms with E-state index in [1.807, 2.05) is 4.90 Å². The largest absolute Gasteiger partial charge is 0.384 e. The first-order valence-electron chi connectivity index (χ1n) is 9.35. The SMILES string of the molecule is COCCC(=O)N1CCC2(CC1)CC(Cc1nc(COC)no1)CCO2. The molecule has 2 fully saturated rings. The van der Waals surface area contributed by atoms with Crippen molar-refractivity contribution in [3.8, 4) is 0 Å². The number of rotatable bonds is 7. The standard InChI is InChI=1S/C18H29N3O5/c1-23-9-4-17(22)21-7-5-18(6-8-21)12-14(3-10-25-18)11-16-19-15(13-24-2)20-26-16/h14H,3-13H2,1-2H3. The quantitative estimate of drug-likeness (QED) is 0.723. The van der Waals surface area contributed by atoms with Gasteiger partial charge in [0.05, 0.1) is 18.6 Å². The van der Waals surface area contributed by atoms with E-state index >= 15 is 0 Å². The van der Waals surface area contributed by atoms with Gasteiger partial charge in [0.25, 0.3) is 0 Å². The van der Waals surface area contributed by atoms with Crippen molar-refractivity contribution in [2.75, 3.05) is 40.5 Å². The third-order valence-corrected chi connectivity index (χ3v) is 5.39. The highest BCUT2D eigenvalue weighted by atomic mass is 16.5. The van der Waals surface area contributed by atoms with E-state index < -0.39 is 0 Å². The molecule has 2 saturated heterocycles. The number of carbonyl (C=O) groups excluding carboxylic acids is 1. The van der Waals surface area contributed by atoms with Crippen LogP contribution in [0.4, 0.5) is 0 Å². The Balaban J connectivity index is 1.51. The molecule has 0 aliphatic carbocycles. The van der Waals surface area contributed by atoms with Gasteiger partial charge in [-0.1, -0.05) is 5.16 Å². The van der Waals surface area contributed by atoms with Gasteiger partial charge in [0.15, 0.2) is 5.82 Å². The summed E-state index contributed by atoms with van der Waals surface area (Å²) < 4.78 is 21.5. The molecule has 1 amide bonds. The maximum absolute atomic E-state index is 12.2.